The minimum atomic E-state index is -0.528. The number of aromatic nitrogens is 4. The van der Waals surface area contributed by atoms with Crippen molar-refractivity contribution >= 4 is 5.91 Å². The molecule has 1 amide bonds. The fourth-order valence-corrected chi connectivity index (χ4v) is 3.20. The molecule has 1 N–H and O–H groups in total. The molecular weight excluding hydrogens is 330 g/mol. The predicted molar refractivity (Wildman–Crippen MR) is 94.6 cm³/mol. The minimum Gasteiger partial charge on any atom is -0.491 e. The molecule has 4 rings (SSSR count). The van der Waals surface area contributed by atoms with Crippen LogP contribution in [-0.2, 0) is 11.2 Å². The number of benzene rings is 2. The van der Waals surface area contributed by atoms with Gasteiger partial charge in [-0.3, -0.25) is 4.79 Å². The molecule has 26 heavy (non-hydrogen) atoms. The molecule has 0 saturated heterocycles. The largest absolute Gasteiger partial charge is 0.491 e. The Morgan fingerprint density at radius 1 is 1.23 bits per heavy atom. The van der Waals surface area contributed by atoms with Crippen molar-refractivity contribution in [2.75, 3.05) is 6.61 Å². The summed E-state index contributed by atoms with van der Waals surface area (Å²) in [5.74, 6) is 1.29. The van der Waals surface area contributed by atoms with Gasteiger partial charge in [-0.15, -0.1) is 5.10 Å². The zero-order valence-electron chi connectivity index (χ0n) is 14.4. The summed E-state index contributed by atoms with van der Waals surface area (Å²) in [6.07, 6.45) is 0.508. The zero-order chi connectivity index (χ0) is 17.9. The highest BCUT2D eigenvalue weighted by atomic mass is 16.5. The number of nitrogens with one attached hydrogen (secondary N) is 1. The molecule has 1 aromatic heterocycles. The number of aryl methyl sites for hydroxylation is 1. The average Bonchev–Trinajstić information content (AvgIpc) is 3.27. The Labute approximate surface area is 151 Å². The van der Waals surface area contributed by atoms with E-state index in [9.17, 15) is 4.79 Å². The lowest BCUT2D eigenvalue weighted by Crippen LogP contribution is -2.37. The first-order chi connectivity index (χ1) is 12.7. The third-order valence-electron chi connectivity index (χ3n) is 4.54. The standard InChI is InChI=1S/C19H19N5O2/c1-13-21-22-23-24(13)17(11-14-7-3-2-4-8-14)19(25)20-16-12-26-18-10-6-5-9-15(16)18/h2-10,16-17H,11-12H2,1H3,(H,20,25)/t16-,17+/m1/s1. The summed E-state index contributed by atoms with van der Waals surface area (Å²) in [5, 5.41) is 14.7. The van der Waals surface area contributed by atoms with Crippen LogP contribution in [0.15, 0.2) is 54.6 Å². The Bertz CT molecular complexity index is 909. The first-order valence-electron chi connectivity index (χ1n) is 8.53. The van der Waals surface area contributed by atoms with Gasteiger partial charge < -0.3 is 10.1 Å². The number of nitrogens with zero attached hydrogens (tertiary/aromatic N) is 4. The molecule has 7 heteroatoms. The first kappa shape index (κ1) is 16.3. The first-order valence-corrected chi connectivity index (χ1v) is 8.53. The summed E-state index contributed by atoms with van der Waals surface area (Å²) in [6, 6.07) is 16.9. The highest BCUT2D eigenvalue weighted by Gasteiger charge is 2.30. The van der Waals surface area contributed by atoms with Gasteiger partial charge in [0, 0.05) is 12.0 Å². The number of carbonyl (C=O) groups is 1. The van der Waals surface area contributed by atoms with Crippen molar-refractivity contribution in [3.63, 3.8) is 0 Å². The van der Waals surface area contributed by atoms with Gasteiger partial charge in [0.05, 0.1) is 6.04 Å². The van der Waals surface area contributed by atoms with Crippen LogP contribution >= 0.6 is 0 Å². The fraction of sp³-hybridized carbons (Fsp3) is 0.263. The van der Waals surface area contributed by atoms with Crippen LogP contribution in [0.5, 0.6) is 5.75 Å². The Hall–Kier alpha value is -3.22. The normalized spacial score (nSPS) is 16.6. The van der Waals surface area contributed by atoms with Gasteiger partial charge >= 0.3 is 0 Å². The number of carbonyl (C=O) groups excluding carboxylic acids is 1. The van der Waals surface area contributed by atoms with Gasteiger partial charge in [0.1, 0.15) is 24.2 Å². The lowest BCUT2D eigenvalue weighted by molar-refractivity contribution is -0.125. The van der Waals surface area contributed by atoms with Crippen molar-refractivity contribution in [2.24, 2.45) is 0 Å². The van der Waals surface area contributed by atoms with E-state index in [0.29, 0.717) is 18.9 Å². The number of para-hydroxylation sites is 1. The maximum atomic E-state index is 13.1. The molecule has 0 unspecified atom stereocenters. The second kappa shape index (κ2) is 6.95. The maximum absolute atomic E-state index is 13.1. The topological polar surface area (TPSA) is 81.9 Å². The van der Waals surface area contributed by atoms with Crippen LogP contribution in [-0.4, -0.2) is 32.7 Å². The van der Waals surface area contributed by atoms with Crippen molar-refractivity contribution in [3.05, 3.63) is 71.5 Å². The van der Waals surface area contributed by atoms with E-state index in [0.717, 1.165) is 16.9 Å². The summed E-state index contributed by atoms with van der Waals surface area (Å²) in [5.41, 5.74) is 2.04. The number of tetrazole rings is 1. The predicted octanol–water partition coefficient (Wildman–Crippen LogP) is 2.02. The molecule has 2 heterocycles. The van der Waals surface area contributed by atoms with Gasteiger partial charge in [-0.05, 0) is 29.0 Å². The maximum Gasteiger partial charge on any atom is 0.245 e. The van der Waals surface area contributed by atoms with E-state index in [1.807, 2.05) is 54.6 Å². The molecule has 0 radical (unpaired) electrons. The molecule has 0 aliphatic carbocycles. The lowest BCUT2D eigenvalue weighted by Gasteiger charge is -2.20. The highest BCUT2D eigenvalue weighted by Crippen LogP contribution is 2.32. The quantitative estimate of drug-likeness (QED) is 0.762. The zero-order valence-corrected chi connectivity index (χ0v) is 14.4. The van der Waals surface area contributed by atoms with Gasteiger partial charge in [-0.2, -0.15) is 0 Å². The van der Waals surface area contributed by atoms with Crippen LogP contribution in [0.1, 0.15) is 29.0 Å². The van der Waals surface area contributed by atoms with E-state index < -0.39 is 6.04 Å². The summed E-state index contributed by atoms with van der Waals surface area (Å²) >= 11 is 0. The van der Waals surface area contributed by atoms with Crippen LogP contribution in [0, 0.1) is 6.92 Å². The van der Waals surface area contributed by atoms with Gasteiger partial charge in [0.2, 0.25) is 5.91 Å². The van der Waals surface area contributed by atoms with Crippen molar-refractivity contribution in [2.45, 2.75) is 25.4 Å². The molecule has 0 bridgehead atoms. The lowest BCUT2D eigenvalue weighted by atomic mass is 10.0. The Morgan fingerprint density at radius 2 is 2.00 bits per heavy atom. The Morgan fingerprint density at radius 3 is 2.77 bits per heavy atom. The number of ether oxygens (including phenoxy) is 1. The third kappa shape index (κ3) is 3.15. The van der Waals surface area contributed by atoms with Crippen LogP contribution in [0.4, 0.5) is 0 Å². The second-order valence-electron chi connectivity index (χ2n) is 6.29. The molecule has 2 aromatic carbocycles. The second-order valence-corrected chi connectivity index (χ2v) is 6.29. The molecule has 0 fully saturated rings. The van der Waals surface area contributed by atoms with Gasteiger partial charge in [-0.1, -0.05) is 48.5 Å². The summed E-state index contributed by atoms with van der Waals surface area (Å²) < 4.78 is 7.24. The van der Waals surface area contributed by atoms with Crippen molar-refractivity contribution in [1.29, 1.82) is 0 Å². The van der Waals surface area contributed by atoms with Crippen LogP contribution in [0.2, 0.25) is 0 Å². The molecular formula is C19H19N5O2. The molecule has 0 spiro atoms. The Kier molecular flexibility index (Phi) is 4.35. The molecule has 2 atom stereocenters. The number of amides is 1. The van der Waals surface area contributed by atoms with Crippen LogP contribution < -0.4 is 10.1 Å². The van der Waals surface area contributed by atoms with Crippen molar-refractivity contribution in [1.82, 2.24) is 25.5 Å². The van der Waals surface area contributed by atoms with Crippen molar-refractivity contribution < 1.29 is 9.53 Å². The van der Waals surface area contributed by atoms with Crippen LogP contribution in [0.3, 0.4) is 0 Å². The van der Waals surface area contributed by atoms with E-state index >= 15 is 0 Å². The monoisotopic (exact) mass is 349 g/mol. The summed E-state index contributed by atoms with van der Waals surface area (Å²) in [7, 11) is 0. The van der Waals surface area contributed by atoms with Crippen molar-refractivity contribution in [3.8, 4) is 5.75 Å². The number of hydrogen-bond donors (Lipinski definition) is 1. The fourth-order valence-electron chi connectivity index (χ4n) is 3.20. The SMILES string of the molecule is Cc1nnnn1[C@@H](Cc1ccccc1)C(=O)N[C@@H]1COc2ccccc21. The molecule has 132 valence electrons. The average molecular weight is 349 g/mol. The van der Waals surface area contributed by atoms with Gasteiger partial charge in [-0.25, -0.2) is 4.68 Å². The van der Waals surface area contributed by atoms with E-state index in [4.69, 9.17) is 4.74 Å². The molecule has 1 aliphatic heterocycles. The van der Waals surface area contributed by atoms with Gasteiger partial charge in [0.25, 0.3) is 0 Å². The number of rotatable bonds is 5. The third-order valence-corrected chi connectivity index (χ3v) is 4.54. The smallest absolute Gasteiger partial charge is 0.245 e. The Balaban J connectivity index is 1.58. The highest BCUT2D eigenvalue weighted by molar-refractivity contribution is 5.81. The van der Waals surface area contributed by atoms with E-state index in [-0.39, 0.29) is 11.9 Å². The number of fused-ring (bicyclic) bond motifs is 1. The number of hydrogen-bond acceptors (Lipinski definition) is 5. The summed E-state index contributed by atoms with van der Waals surface area (Å²) in [4.78, 5) is 13.1. The minimum absolute atomic E-state index is 0.130. The molecule has 0 saturated carbocycles. The van der Waals surface area contributed by atoms with Gasteiger partial charge in [0.15, 0.2) is 0 Å². The van der Waals surface area contributed by atoms with Crippen LogP contribution in [0.25, 0.3) is 0 Å². The summed E-state index contributed by atoms with van der Waals surface area (Å²) in [6.45, 7) is 2.22. The van der Waals surface area contributed by atoms with E-state index in [2.05, 4.69) is 20.8 Å². The molecule has 1 aliphatic rings. The van der Waals surface area contributed by atoms with E-state index in [1.165, 1.54) is 0 Å². The molecule has 7 nitrogen and oxygen atoms in total. The molecule has 3 aromatic rings. The van der Waals surface area contributed by atoms with E-state index in [1.54, 1.807) is 11.6 Å².